The van der Waals surface area contributed by atoms with E-state index >= 15 is 0 Å². The number of fused-ring (bicyclic) bond motifs is 1. The van der Waals surface area contributed by atoms with Crippen LogP contribution >= 0.6 is 0 Å². The molecule has 0 amide bonds. The molecule has 6 heteroatoms. The van der Waals surface area contributed by atoms with Gasteiger partial charge in [0.25, 0.3) is 5.56 Å². The van der Waals surface area contributed by atoms with Crippen molar-refractivity contribution >= 4 is 16.7 Å². The number of aromatic nitrogens is 2. The van der Waals surface area contributed by atoms with Crippen LogP contribution in [-0.2, 0) is 7.05 Å². The highest BCUT2D eigenvalue weighted by Crippen LogP contribution is 2.34. The number of rotatable bonds is 4. The predicted molar refractivity (Wildman–Crippen MR) is 130 cm³/mol. The van der Waals surface area contributed by atoms with Gasteiger partial charge in [-0.05, 0) is 48.6 Å². The molecule has 0 spiro atoms. The van der Waals surface area contributed by atoms with Gasteiger partial charge in [0.1, 0.15) is 29.1 Å². The molecule has 1 aromatic carbocycles. The van der Waals surface area contributed by atoms with E-state index in [1.165, 1.54) is 37.7 Å². The van der Waals surface area contributed by atoms with Gasteiger partial charge >= 0.3 is 0 Å². The van der Waals surface area contributed by atoms with E-state index in [4.69, 9.17) is 4.74 Å². The molecule has 0 atom stereocenters. The lowest BCUT2D eigenvalue weighted by Gasteiger charge is -2.34. The first-order chi connectivity index (χ1) is 16.1. The van der Waals surface area contributed by atoms with E-state index in [9.17, 15) is 10.1 Å². The molecule has 33 heavy (non-hydrogen) atoms. The minimum absolute atomic E-state index is 0.0690. The molecule has 6 nitrogen and oxygen atoms in total. The lowest BCUT2D eigenvalue weighted by molar-refractivity contribution is 0.171. The molecular weight excluding hydrogens is 412 g/mol. The van der Waals surface area contributed by atoms with E-state index in [0.29, 0.717) is 17.1 Å². The number of anilines is 1. The molecule has 1 saturated heterocycles. The van der Waals surface area contributed by atoms with Gasteiger partial charge in [-0.25, -0.2) is 4.98 Å². The Balaban J connectivity index is 1.27. The highest BCUT2D eigenvalue weighted by molar-refractivity contribution is 5.88. The molecule has 3 heterocycles. The molecule has 0 radical (unpaired) electrons. The summed E-state index contributed by atoms with van der Waals surface area (Å²) in [5.41, 5.74) is 3.98. The number of hydrogen-bond donors (Lipinski definition) is 0. The van der Waals surface area contributed by atoms with E-state index in [1.807, 2.05) is 0 Å². The second kappa shape index (κ2) is 9.27. The van der Waals surface area contributed by atoms with E-state index < -0.39 is 0 Å². The van der Waals surface area contributed by atoms with Crippen LogP contribution in [0, 0.1) is 11.3 Å². The summed E-state index contributed by atoms with van der Waals surface area (Å²) < 4.78 is 7.88. The Hall–Kier alpha value is -3.33. The van der Waals surface area contributed by atoms with Crippen molar-refractivity contribution < 1.29 is 4.74 Å². The Bertz CT molecular complexity index is 1230. The standard InChI is InChI=1S/C27H30N4O2/c1-30-24-12-9-21(18-28)29-27(24)25(17-26(30)32)31-15-13-23(14-16-31)33-22-10-7-20(8-11-22)19-5-3-2-4-6-19/h7-12,17,19,23H,2-6,13-16H2,1H3. The van der Waals surface area contributed by atoms with Crippen molar-refractivity contribution in [1.29, 1.82) is 5.26 Å². The van der Waals surface area contributed by atoms with Gasteiger partial charge in [-0.15, -0.1) is 0 Å². The molecule has 2 aromatic heterocycles. The van der Waals surface area contributed by atoms with Crippen molar-refractivity contribution in [3.8, 4) is 11.8 Å². The zero-order chi connectivity index (χ0) is 22.8. The fraction of sp³-hybridized carbons (Fsp3) is 0.444. The third kappa shape index (κ3) is 4.45. The summed E-state index contributed by atoms with van der Waals surface area (Å²) in [5, 5.41) is 9.28. The van der Waals surface area contributed by atoms with Crippen molar-refractivity contribution in [1.82, 2.24) is 9.55 Å². The monoisotopic (exact) mass is 442 g/mol. The molecule has 0 unspecified atom stereocenters. The molecule has 0 bridgehead atoms. The maximum atomic E-state index is 12.5. The van der Waals surface area contributed by atoms with Crippen molar-refractivity contribution in [3.05, 3.63) is 64.1 Å². The Labute approximate surface area is 194 Å². The van der Waals surface area contributed by atoms with Crippen LogP contribution in [-0.4, -0.2) is 28.7 Å². The molecule has 1 saturated carbocycles. The Morgan fingerprint density at radius 2 is 1.73 bits per heavy atom. The van der Waals surface area contributed by atoms with Crippen molar-refractivity contribution in [2.75, 3.05) is 18.0 Å². The molecular formula is C27H30N4O2. The third-order valence-corrected chi connectivity index (χ3v) is 7.23. The zero-order valence-corrected chi connectivity index (χ0v) is 19.2. The lowest BCUT2D eigenvalue weighted by atomic mass is 9.84. The predicted octanol–water partition coefficient (Wildman–Crippen LogP) is 4.90. The summed E-state index contributed by atoms with van der Waals surface area (Å²) in [6, 6.07) is 15.9. The maximum Gasteiger partial charge on any atom is 0.252 e. The summed E-state index contributed by atoms with van der Waals surface area (Å²) in [6.45, 7) is 1.57. The molecule has 5 rings (SSSR count). The van der Waals surface area contributed by atoms with Crippen LogP contribution in [0.5, 0.6) is 5.75 Å². The molecule has 170 valence electrons. The van der Waals surface area contributed by atoms with Gasteiger partial charge < -0.3 is 14.2 Å². The summed E-state index contributed by atoms with van der Waals surface area (Å²) in [5.74, 6) is 1.65. The van der Waals surface area contributed by atoms with Crippen molar-refractivity contribution in [2.45, 2.75) is 57.0 Å². The zero-order valence-electron chi connectivity index (χ0n) is 19.2. The molecule has 1 aliphatic carbocycles. The second-order valence-electron chi connectivity index (χ2n) is 9.31. The number of nitrogens with zero attached hydrogens (tertiary/aromatic N) is 4. The van der Waals surface area contributed by atoms with Crippen LogP contribution in [0.4, 0.5) is 5.69 Å². The SMILES string of the molecule is Cn1c(=O)cc(N2CCC(Oc3ccc(C4CCCCC4)cc3)CC2)c2nc(C#N)ccc21. The van der Waals surface area contributed by atoms with Gasteiger partial charge in [0.2, 0.25) is 0 Å². The summed E-state index contributed by atoms with van der Waals surface area (Å²) >= 11 is 0. The first kappa shape index (κ1) is 21.5. The fourth-order valence-electron chi connectivity index (χ4n) is 5.28. The number of piperidine rings is 1. The quantitative estimate of drug-likeness (QED) is 0.575. The number of aryl methyl sites for hydroxylation is 1. The minimum atomic E-state index is -0.0690. The average Bonchev–Trinajstić information content (AvgIpc) is 2.87. The van der Waals surface area contributed by atoms with Gasteiger partial charge in [-0.3, -0.25) is 4.79 Å². The number of nitriles is 1. The first-order valence-electron chi connectivity index (χ1n) is 12.0. The van der Waals surface area contributed by atoms with Gasteiger partial charge in [0, 0.05) is 39.0 Å². The van der Waals surface area contributed by atoms with Crippen LogP contribution in [0.25, 0.3) is 11.0 Å². The smallest absolute Gasteiger partial charge is 0.252 e. The van der Waals surface area contributed by atoms with E-state index in [0.717, 1.165) is 42.9 Å². The van der Waals surface area contributed by atoms with Gasteiger partial charge in [-0.1, -0.05) is 31.4 Å². The molecule has 1 aliphatic heterocycles. The topological polar surface area (TPSA) is 71.2 Å². The third-order valence-electron chi connectivity index (χ3n) is 7.23. The van der Waals surface area contributed by atoms with Crippen LogP contribution in [0.2, 0.25) is 0 Å². The Morgan fingerprint density at radius 1 is 1.00 bits per heavy atom. The van der Waals surface area contributed by atoms with Gasteiger partial charge in [-0.2, -0.15) is 5.26 Å². The number of benzene rings is 1. The highest BCUT2D eigenvalue weighted by atomic mass is 16.5. The molecule has 3 aromatic rings. The second-order valence-corrected chi connectivity index (χ2v) is 9.31. The van der Waals surface area contributed by atoms with E-state index in [2.05, 4.69) is 40.2 Å². The molecule has 2 aliphatic rings. The maximum absolute atomic E-state index is 12.5. The molecule has 2 fully saturated rings. The number of hydrogen-bond acceptors (Lipinski definition) is 5. The van der Waals surface area contributed by atoms with E-state index in [-0.39, 0.29) is 11.7 Å². The van der Waals surface area contributed by atoms with Gasteiger partial charge in [0.05, 0.1) is 11.2 Å². The highest BCUT2D eigenvalue weighted by Gasteiger charge is 2.24. The van der Waals surface area contributed by atoms with Crippen LogP contribution in [0.3, 0.4) is 0 Å². The summed E-state index contributed by atoms with van der Waals surface area (Å²) in [4.78, 5) is 19.2. The van der Waals surface area contributed by atoms with E-state index in [1.54, 1.807) is 29.8 Å². The Kier molecular flexibility index (Phi) is 6.04. The fourth-order valence-corrected chi connectivity index (χ4v) is 5.28. The Morgan fingerprint density at radius 3 is 2.42 bits per heavy atom. The number of ether oxygens (including phenoxy) is 1. The van der Waals surface area contributed by atoms with Gasteiger partial charge in [0.15, 0.2) is 0 Å². The van der Waals surface area contributed by atoms with Crippen molar-refractivity contribution in [2.24, 2.45) is 7.05 Å². The van der Waals surface area contributed by atoms with Crippen LogP contribution < -0.4 is 15.2 Å². The summed E-state index contributed by atoms with van der Waals surface area (Å²) in [7, 11) is 1.74. The summed E-state index contributed by atoms with van der Waals surface area (Å²) in [6.07, 6.45) is 8.58. The van der Waals surface area contributed by atoms with Crippen molar-refractivity contribution in [3.63, 3.8) is 0 Å². The largest absolute Gasteiger partial charge is 0.490 e. The lowest BCUT2D eigenvalue weighted by Crippen LogP contribution is -2.39. The average molecular weight is 443 g/mol. The van der Waals surface area contributed by atoms with Crippen LogP contribution in [0.15, 0.2) is 47.3 Å². The minimum Gasteiger partial charge on any atom is -0.490 e. The van der Waals surface area contributed by atoms with Crippen LogP contribution in [0.1, 0.15) is 62.1 Å². The first-order valence-corrected chi connectivity index (χ1v) is 12.0. The molecule has 0 N–H and O–H groups in total. The normalized spacial score (nSPS) is 17.8. The number of pyridine rings is 2.